The summed E-state index contributed by atoms with van der Waals surface area (Å²) in [6, 6.07) is 15.1. The molecule has 4 heteroatoms. The van der Waals surface area contributed by atoms with Crippen LogP contribution in [0.25, 0.3) is 0 Å². The Bertz CT molecular complexity index is 751. The molecule has 25 heavy (non-hydrogen) atoms. The second-order valence-electron chi connectivity index (χ2n) is 6.12. The number of carbonyl (C=O) groups is 1. The van der Waals surface area contributed by atoms with Gasteiger partial charge in [0.15, 0.2) is 0 Å². The molecule has 2 rings (SSSR count). The van der Waals surface area contributed by atoms with Gasteiger partial charge in [0.2, 0.25) is 0 Å². The van der Waals surface area contributed by atoms with Crippen LogP contribution in [-0.4, -0.2) is 32.7 Å². The Morgan fingerprint density at radius 2 is 1.72 bits per heavy atom. The molecule has 0 aliphatic rings. The van der Waals surface area contributed by atoms with Crippen LogP contribution in [0.3, 0.4) is 0 Å². The first-order valence-electron chi connectivity index (χ1n) is 8.27. The molecule has 0 radical (unpaired) electrons. The van der Waals surface area contributed by atoms with E-state index in [9.17, 15) is 4.79 Å². The zero-order chi connectivity index (χ0) is 18.2. The number of hydrogen-bond acceptors (Lipinski definition) is 3. The molecule has 1 N–H and O–H groups in total. The van der Waals surface area contributed by atoms with E-state index in [1.54, 1.807) is 24.3 Å². The van der Waals surface area contributed by atoms with E-state index in [2.05, 4.69) is 17.2 Å². The Kier molecular flexibility index (Phi) is 6.47. The van der Waals surface area contributed by atoms with Crippen molar-refractivity contribution in [3.63, 3.8) is 0 Å². The monoisotopic (exact) mass is 336 g/mol. The molecular formula is C21H24N2O2. The Labute approximate surface area is 149 Å². The first kappa shape index (κ1) is 18.4. The lowest BCUT2D eigenvalue weighted by molar-refractivity contribution is 0.0958. The molecule has 4 nitrogen and oxygen atoms in total. The van der Waals surface area contributed by atoms with Crippen LogP contribution >= 0.6 is 0 Å². The summed E-state index contributed by atoms with van der Waals surface area (Å²) < 4.78 is 5.56. The van der Waals surface area contributed by atoms with Gasteiger partial charge in [-0.3, -0.25) is 4.79 Å². The van der Waals surface area contributed by atoms with Crippen molar-refractivity contribution in [3.05, 3.63) is 59.7 Å². The number of rotatable bonds is 5. The summed E-state index contributed by atoms with van der Waals surface area (Å²) in [5, 5.41) is 2.80. The van der Waals surface area contributed by atoms with Crippen molar-refractivity contribution in [2.24, 2.45) is 0 Å². The predicted octanol–water partition coefficient (Wildman–Crippen LogP) is 3.32. The van der Waals surface area contributed by atoms with Crippen LogP contribution in [0.2, 0.25) is 0 Å². The minimum atomic E-state index is -0.145. The summed E-state index contributed by atoms with van der Waals surface area (Å²) in [7, 11) is 4.00. The summed E-state index contributed by atoms with van der Waals surface area (Å²) in [6.45, 7) is 4.24. The molecule has 0 saturated heterocycles. The third-order valence-corrected chi connectivity index (χ3v) is 3.44. The molecule has 0 bridgehead atoms. The first-order valence-corrected chi connectivity index (χ1v) is 8.27. The van der Waals surface area contributed by atoms with Gasteiger partial charge in [-0.2, -0.15) is 0 Å². The number of amides is 1. The van der Waals surface area contributed by atoms with E-state index in [0.29, 0.717) is 12.1 Å². The van der Waals surface area contributed by atoms with Crippen molar-refractivity contribution in [2.75, 3.05) is 25.5 Å². The molecule has 0 unspecified atom stereocenters. The van der Waals surface area contributed by atoms with Crippen molar-refractivity contribution in [1.82, 2.24) is 5.32 Å². The molecule has 130 valence electrons. The summed E-state index contributed by atoms with van der Waals surface area (Å²) in [5.41, 5.74) is 2.65. The molecule has 0 fully saturated rings. The second kappa shape index (κ2) is 8.79. The van der Waals surface area contributed by atoms with Gasteiger partial charge in [-0.1, -0.05) is 11.8 Å². The van der Waals surface area contributed by atoms with Gasteiger partial charge >= 0.3 is 0 Å². The number of benzene rings is 2. The van der Waals surface area contributed by atoms with E-state index in [1.807, 2.05) is 57.1 Å². The molecule has 0 heterocycles. The number of ether oxygens (including phenoxy) is 1. The molecule has 0 aliphatic carbocycles. The number of nitrogens with zero attached hydrogens (tertiary/aromatic N) is 1. The largest absolute Gasteiger partial charge is 0.491 e. The smallest absolute Gasteiger partial charge is 0.252 e. The van der Waals surface area contributed by atoms with E-state index in [-0.39, 0.29) is 12.0 Å². The topological polar surface area (TPSA) is 41.6 Å². The average molecular weight is 336 g/mol. The van der Waals surface area contributed by atoms with Crippen molar-refractivity contribution in [1.29, 1.82) is 0 Å². The lowest BCUT2D eigenvalue weighted by Crippen LogP contribution is -2.23. The Morgan fingerprint density at radius 1 is 1.08 bits per heavy atom. The molecule has 2 aromatic rings. The Morgan fingerprint density at radius 3 is 2.28 bits per heavy atom. The van der Waals surface area contributed by atoms with E-state index in [4.69, 9.17) is 4.74 Å². The minimum absolute atomic E-state index is 0.113. The summed E-state index contributed by atoms with van der Waals surface area (Å²) in [5.74, 6) is 6.63. The summed E-state index contributed by atoms with van der Waals surface area (Å²) in [6.07, 6.45) is 0.113. The van der Waals surface area contributed by atoms with Gasteiger partial charge in [0.1, 0.15) is 5.75 Å². The minimum Gasteiger partial charge on any atom is -0.491 e. The highest BCUT2D eigenvalue weighted by molar-refractivity contribution is 5.94. The van der Waals surface area contributed by atoms with Crippen LogP contribution in [0.4, 0.5) is 5.69 Å². The molecule has 0 atom stereocenters. The highest BCUT2D eigenvalue weighted by Crippen LogP contribution is 2.14. The quantitative estimate of drug-likeness (QED) is 0.852. The van der Waals surface area contributed by atoms with E-state index in [0.717, 1.165) is 17.0 Å². The van der Waals surface area contributed by atoms with Gasteiger partial charge in [0.05, 0.1) is 12.6 Å². The number of carbonyl (C=O) groups excluding carboxylic acids is 1. The van der Waals surface area contributed by atoms with Crippen LogP contribution in [0.5, 0.6) is 5.75 Å². The van der Waals surface area contributed by atoms with E-state index >= 15 is 0 Å². The van der Waals surface area contributed by atoms with E-state index in [1.165, 1.54) is 0 Å². The highest BCUT2D eigenvalue weighted by Gasteiger charge is 2.04. The van der Waals surface area contributed by atoms with Crippen LogP contribution < -0.4 is 15.0 Å². The van der Waals surface area contributed by atoms with Gasteiger partial charge < -0.3 is 15.0 Å². The molecule has 0 aliphatic heterocycles. The maximum absolute atomic E-state index is 12.1. The van der Waals surface area contributed by atoms with Crippen molar-refractivity contribution in [3.8, 4) is 17.6 Å². The molecule has 0 saturated carbocycles. The molecule has 1 amide bonds. The number of nitrogens with one attached hydrogen (secondary N) is 1. The van der Waals surface area contributed by atoms with Gasteiger partial charge in [-0.05, 0) is 62.4 Å². The number of anilines is 1. The van der Waals surface area contributed by atoms with Crippen molar-refractivity contribution >= 4 is 11.6 Å². The maximum atomic E-state index is 12.1. The van der Waals surface area contributed by atoms with Gasteiger partial charge in [0.25, 0.3) is 5.91 Å². The van der Waals surface area contributed by atoms with Crippen molar-refractivity contribution in [2.45, 2.75) is 20.0 Å². The lowest BCUT2D eigenvalue weighted by atomic mass is 10.2. The van der Waals surface area contributed by atoms with Gasteiger partial charge in [-0.15, -0.1) is 0 Å². The fourth-order valence-corrected chi connectivity index (χ4v) is 2.17. The normalized spacial score (nSPS) is 9.96. The van der Waals surface area contributed by atoms with Gasteiger partial charge in [0, 0.05) is 30.9 Å². The van der Waals surface area contributed by atoms with Gasteiger partial charge in [-0.25, -0.2) is 0 Å². The maximum Gasteiger partial charge on any atom is 0.252 e. The molecule has 0 spiro atoms. The average Bonchev–Trinajstić information content (AvgIpc) is 2.59. The zero-order valence-corrected chi connectivity index (χ0v) is 15.2. The van der Waals surface area contributed by atoms with Crippen molar-refractivity contribution < 1.29 is 9.53 Å². The highest BCUT2D eigenvalue weighted by atomic mass is 16.5. The Balaban J connectivity index is 1.86. The summed E-state index contributed by atoms with van der Waals surface area (Å²) in [4.78, 5) is 14.1. The third kappa shape index (κ3) is 5.89. The molecular weight excluding hydrogens is 312 g/mol. The SMILES string of the molecule is CC(C)Oc1ccc(C(=O)NCC#Cc2ccc(N(C)C)cc2)cc1. The zero-order valence-electron chi connectivity index (χ0n) is 15.2. The fraction of sp³-hybridized carbons (Fsp3) is 0.286. The van der Waals surface area contributed by atoms with Crippen LogP contribution in [-0.2, 0) is 0 Å². The number of hydrogen-bond donors (Lipinski definition) is 1. The predicted molar refractivity (Wildman–Crippen MR) is 102 cm³/mol. The van der Waals surface area contributed by atoms with E-state index < -0.39 is 0 Å². The Hall–Kier alpha value is -2.93. The van der Waals surface area contributed by atoms with Crippen LogP contribution in [0, 0.1) is 11.8 Å². The van der Waals surface area contributed by atoms with Crippen LogP contribution in [0.1, 0.15) is 29.8 Å². The first-order chi connectivity index (χ1) is 12.0. The molecule has 2 aromatic carbocycles. The molecule has 0 aromatic heterocycles. The second-order valence-corrected chi connectivity index (χ2v) is 6.12. The lowest BCUT2D eigenvalue weighted by Gasteiger charge is -2.11. The van der Waals surface area contributed by atoms with Crippen LogP contribution in [0.15, 0.2) is 48.5 Å². The standard InChI is InChI=1S/C21H24N2O2/c1-16(2)25-20-13-9-18(10-14-20)21(24)22-15-5-6-17-7-11-19(12-8-17)23(3)4/h7-14,16H,15H2,1-4H3,(H,22,24). The fourth-order valence-electron chi connectivity index (χ4n) is 2.17. The third-order valence-electron chi connectivity index (χ3n) is 3.44. The summed E-state index contributed by atoms with van der Waals surface area (Å²) >= 11 is 0.